The lowest BCUT2D eigenvalue weighted by molar-refractivity contribution is -0.117. The number of rotatable bonds is 3. The molecular formula is C7H11NO. The third kappa shape index (κ3) is 2.22. The highest BCUT2D eigenvalue weighted by Crippen LogP contribution is 2.00. The third-order valence-electron chi connectivity index (χ3n) is 1.02. The van der Waals surface area contributed by atoms with Gasteiger partial charge in [0.05, 0.1) is 0 Å². The predicted octanol–water partition coefficient (Wildman–Crippen LogP) is 1.42. The zero-order valence-corrected chi connectivity index (χ0v) is 5.77. The molecule has 0 heterocycles. The summed E-state index contributed by atoms with van der Waals surface area (Å²) in [4.78, 5) is 10.8. The van der Waals surface area contributed by atoms with Crippen molar-refractivity contribution < 1.29 is 4.79 Å². The Morgan fingerprint density at radius 3 is 2.22 bits per heavy atom. The molecular weight excluding hydrogens is 114 g/mol. The van der Waals surface area contributed by atoms with Crippen LogP contribution in [0.5, 0.6) is 0 Å². The molecule has 0 aromatic heterocycles. The Balaban J connectivity index is 4.04. The van der Waals surface area contributed by atoms with E-state index in [1.54, 1.807) is 13.8 Å². The molecule has 9 heavy (non-hydrogen) atoms. The van der Waals surface area contributed by atoms with Gasteiger partial charge in [-0.3, -0.25) is 4.79 Å². The van der Waals surface area contributed by atoms with Crippen LogP contribution in [-0.2, 0) is 4.79 Å². The molecule has 0 aliphatic rings. The van der Waals surface area contributed by atoms with Gasteiger partial charge in [-0.25, -0.2) is 0 Å². The van der Waals surface area contributed by atoms with Crippen molar-refractivity contribution in [3.8, 4) is 0 Å². The van der Waals surface area contributed by atoms with Gasteiger partial charge >= 0.3 is 0 Å². The van der Waals surface area contributed by atoms with Gasteiger partial charge in [-0.2, -0.15) is 0 Å². The van der Waals surface area contributed by atoms with Crippen molar-refractivity contribution in [3.05, 3.63) is 12.2 Å². The highest BCUT2D eigenvalue weighted by Gasteiger charge is 2.07. The second-order valence-electron chi connectivity index (χ2n) is 2.19. The molecule has 0 aliphatic carbocycles. The van der Waals surface area contributed by atoms with Gasteiger partial charge in [0.2, 0.25) is 0 Å². The Kier molecular flexibility index (Phi) is 2.85. The first kappa shape index (κ1) is 8.08. The van der Waals surface area contributed by atoms with Gasteiger partial charge in [0.1, 0.15) is 0 Å². The van der Waals surface area contributed by atoms with Crippen LogP contribution in [0.4, 0.5) is 0 Å². The molecule has 0 amide bonds. The number of carbonyl (C=O) groups is 1. The number of ketones is 1. The third-order valence-corrected chi connectivity index (χ3v) is 1.02. The fourth-order valence-corrected chi connectivity index (χ4v) is 0.442. The first-order chi connectivity index (χ1) is 4.09. The first-order valence-electron chi connectivity index (χ1n) is 2.83. The lowest BCUT2D eigenvalue weighted by atomic mass is 10.0. The van der Waals surface area contributed by atoms with Crippen LogP contribution in [-0.4, -0.2) is 12.0 Å². The number of hydrogen-bond acceptors (Lipinski definition) is 2. The largest absolute Gasteiger partial charge is 0.308 e. The quantitative estimate of drug-likeness (QED) is 0.449. The molecule has 0 saturated carbocycles. The SMILES string of the molecule is C=C(C=N)C(=O)C(C)C. The standard InChI is InChI=1S/C7H11NO/c1-5(2)7(9)6(3)4-8/h4-5,8H,3H2,1-2H3. The Labute approximate surface area is 55.1 Å². The second-order valence-corrected chi connectivity index (χ2v) is 2.19. The van der Waals surface area contributed by atoms with E-state index in [1.807, 2.05) is 0 Å². The summed E-state index contributed by atoms with van der Waals surface area (Å²) in [6.45, 7) is 6.98. The van der Waals surface area contributed by atoms with Crippen molar-refractivity contribution in [3.63, 3.8) is 0 Å². The van der Waals surface area contributed by atoms with Gasteiger partial charge in [-0.05, 0) is 0 Å². The van der Waals surface area contributed by atoms with Crippen molar-refractivity contribution in [1.82, 2.24) is 0 Å². The van der Waals surface area contributed by atoms with E-state index in [2.05, 4.69) is 6.58 Å². The molecule has 0 fully saturated rings. The van der Waals surface area contributed by atoms with Gasteiger partial charge in [-0.1, -0.05) is 20.4 Å². The Bertz CT molecular complexity index is 147. The van der Waals surface area contributed by atoms with E-state index in [-0.39, 0.29) is 17.3 Å². The highest BCUT2D eigenvalue weighted by molar-refractivity contribution is 6.12. The van der Waals surface area contributed by atoms with Crippen molar-refractivity contribution in [2.45, 2.75) is 13.8 Å². The fourth-order valence-electron chi connectivity index (χ4n) is 0.442. The average Bonchev–Trinajstić information content (AvgIpc) is 1.84. The van der Waals surface area contributed by atoms with E-state index in [4.69, 9.17) is 5.41 Å². The van der Waals surface area contributed by atoms with Crippen molar-refractivity contribution >= 4 is 12.0 Å². The summed E-state index contributed by atoms with van der Waals surface area (Å²) in [6, 6.07) is 0. The zero-order valence-electron chi connectivity index (χ0n) is 5.77. The molecule has 0 radical (unpaired) electrons. The summed E-state index contributed by atoms with van der Waals surface area (Å²) >= 11 is 0. The normalized spacial score (nSPS) is 9.22. The monoisotopic (exact) mass is 125 g/mol. The average molecular weight is 125 g/mol. The molecule has 0 aliphatic heterocycles. The summed E-state index contributed by atoms with van der Waals surface area (Å²) in [6.07, 6.45) is 0.988. The number of nitrogens with one attached hydrogen (secondary N) is 1. The van der Waals surface area contributed by atoms with Crippen LogP contribution >= 0.6 is 0 Å². The summed E-state index contributed by atoms with van der Waals surface area (Å²) in [7, 11) is 0. The van der Waals surface area contributed by atoms with Crippen molar-refractivity contribution in [2.75, 3.05) is 0 Å². The van der Waals surface area contributed by atoms with Crippen LogP contribution in [0.3, 0.4) is 0 Å². The summed E-state index contributed by atoms with van der Waals surface area (Å²) in [5, 5.41) is 6.69. The molecule has 0 atom stereocenters. The van der Waals surface area contributed by atoms with Crippen LogP contribution in [0.1, 0.15) is 13.8 Å². The van der Waals surface area contributed by atoms with E-state index in [0.29, 0.717) is 0 Å². The number of carbonyl (C=O) groups excluding carboxylic acids is 1. The summed E-state index contributed by atoms with van der Waals surface area (Å²) in [5.41, 5.74) is 0.282. The Morgan fingerprint density at radius 2 is 2.11 bits per heavy atom. The summed E-state index contributed by atoms with van der Waals surface area (Å²) < 4.78 is 0. The Morgan fingerprint density at radius 1 is 1.67 bits per heavy atom. The smallest absolute Gasteiger partial charge is 0.166 e. The van der Waals surface area contributed by atoms with Crippen LogP contribution in [0.15, 0.2) is 12.2 Å². The lowest BCUT2D eigenvalue weighted by Gasteiger charge is -1.99. The first-order valence-corrected chi connectivity index (χ1v) is 2.83. The molecule has 50 valence electrons. The van der Waals surface area contributed by atoms with E-state index >= 15 is 0 Å². The van der Waals surface area contributed by atoms with E-state index < -0.39 is 0 Å². The van der Waals surface area contributed by atoms with Crippen molar-refractivity contribution in [1.29, 1.82) is 5.41 Å². The van der Waals surface area contributed by atoms with Gasteiger partial charge in [-0.15, -0.1) is 0 Å². The van der Waals surface area contributed by atoms with E-state index in [0.717, 1.165) is 6.21 Å². The lowest BCUT2D eigenvalue weighted by Crippen LogP contribution is -2.09. The molecule has 0 aromatic rings. The highest BCUT2D eigenvalue weighted by atomic mass is 16.1. The second kappa shape index (κ2) is 3.17. The van der Waals surface area contributed by atoms with E-state index in [9.17, 15) is 4.79 Å². The maximum Gasteiger partial charge on any atom is 0.166 e. The molecule has 0 saturated heterocycles. The minimum Gasteiger partial charge on any atom is -0.308 e. The number of Topliss-reactive ketones (excluding diaryl/α,β-unsaturated/α-hetero) is 1. The van der Waals surface area contributed by atoms with Gasteiger partial charge in [0.15, 0.2) is 5.78 Å². The molecule has 0 unspecified atom stereocenters. The molecule has 0 aromatic carbocycles. The van der Waals surface area contributed by atoms with Crippen LogP contribution in [0, 0.1) is 11.3 Å². The summed E-state index contributed by atoms with van der Waals surface area (Å²) in [5.74, 6) is -0.0934. The molecule has 0 rings (SSSR count). The maximum atomic E-state index is 10.8. The van der Waals surface area contributed by atoms with Crippen LogP contribution < -0.4 is 0 Å². The molecule has 1 N–H and O–H groups in total. The Hall–Kier alpha value is -0.920. The zero-order chi connectivity index (χ0) is 7.44. The van der Waals surface area contributed by atoms with Crippen LogP contribution in [0.25, 0.3) is 0 Å². The molecule has 2 heteroatoms. The molecule has 0 spiro atoms. The maximum absolute atomic E-state index is 10.8. The van der Waals surface area contributed by atoms with Crippen LogP contribution in [0.2, 0.25) is 0 Å². The topological polar surface area (TPSA) is 40.9 Å². The minimum absolute atomic E-state index is 0.0425. The fraction of sp³-hybridized carbons (Fsp3) is 0.429. The van der Waals surface area contributed by atoms with Gasteiger partial charge in [0.25, 0.3) is 0 Å². The minimum atomic E-state index is -0.0509. The number of allylic oxidation sites excluding steroid dienone is 1. The van der Waals surface area contributed by atoms with Crippen molar-refractivity contribution in [2.24, 2.45) is 5.92 Å². The number of hydrogen-bond donors (Lipinski definition) is 1. The molecule has 0 bridgehead atoms. The van der Waals surface area contributed by atoms with Gasteiger partial charge < -0.3 is 5.41 Å². The molecule has 2 nitrogen and oxygen atoms in total. The van der Waals surface area contributed by atoms with Gasteiger partial charge in [0, 0.05) is 17.7 Å². The van der Waals surface area contributed by atoms with E-state index in [1.165, 1.54) is 0 Å². The predicted molar refractivity (Wildman–Crippen MR) is 37.8 cm³/mol.